The molecule has 1 rings (SSSR count). The molecule has 0 unspecified atom stereocenters. The third-order valence-corrected chi connectivity index (χ3v) is 5.63. The van der Waals surface area contributed by atoms with E-state index in [0.717, 1.165) is 31.4 Å². The summed E-state index contributed by atoms with van der Waals surface area (Å²) in [5, 5.41) is 6.35. The van der Waals surface area contributed by atoms with Crippen LogP contribution in [-0.4, -0.2) is 46.3 Å². The van der Waals surface area contributed by atoms with Crippen LogP contribution < -0.4 is 15.4 Å². The molecule has 1 fully saturated rings. The van der Waals surface area contributed by atoms with Crippen molar-refractivity contribution >= 4 is 16.0 Å². The smallest absolute Gasteiger partial charge is 0.211 e. The minimum absolute atomic E-state index is 0.113. The van der Waals surface area contributed by atoms with Crippen LogP contribution in [0.25, 0.3) is 0 Å². The third kappa shape index (κ3) is 9.81. The number of aliphatic imine (C=N–C) groups is 1. The van der Waals surface area contributed by atoms with Crippen molar-refractivity contribution in [3.8, 4) is 0 Å². The van der Waals surface area contributed by atoms with Gasteiger partial charge in [-0.1, -0.05) is 38.5 Å². The summed E-state index contributed by atoms with van der Waals surface area (Å²) in [5.74, 6) is 1.84. The van der Waals surface area contributed by atoms with Crippen LogP contribution in [0.5, 0.6) is 0 Å². The number of nitrogens with zero attached hydrogens (tertiary/aromatic N) is 1. The highest BCUT2D eigenvalue weighted by Gasteiger charge is 2.13. The summed E-state index contributed by atoms with van der Waals surface area (Å²) in [7, 11) is -3.11. The Kier molecular flexibility index (Phi) is 10.3. The molecule has 0 atom stereocenters. The van der Waals surface area contributed by atoms with Crippen molar-refractivity contribution in [2.24, 2.45) is 10.9 Å². The maximum absolute atomic E-state index is 11.3. The fraction of sp³-hybridized carbons (Fsp3) is 0.938. The molecule has 0 aromatic heterocycles. The van der Waals surface area contributed by atoms with Crippen LogP contribution in [-0.2, 0) is 10.0 Å². The summed E-state index contributed by atoms with van der Waals surface area (Å²) < 4.78 is 25.2. The van der Waals surface area contributed by atoms with E-state index < -0.39 is 10.0 Å². The first-order chi connectivity index (χ1) is 11.1. The number of hydrogen-bond donors (Lipinski definition) is 3. The van der Waals surface area contributed by atoms with Gasteiger partial charge in [-0.15, -0.1) is 0 Å². The van der Waals surface area contributed by atoms with Gasteiger partial charge in [0.1, 0.15) is 0 Å². The Morgan fingerprint density at radius 2 is 1.83 bits per heavy atom. The van der Waals surface area contributed by atoms with E-state index in [1.807, 2.05) is 6.92 Å². The fourth-order valence-electron chi connectivity index (χ4n) is 2.87. The molecule has 0 aromatic carbocycles. The van der Waals surface area contributed by atoms with Crippen molar-refractivity contribution in [2.45, 2.75) is 58.8 Å². The molecule has 6 nitrogen and oxygen atoms in total. The van der Waals surface area contributed by atoms with Crippen molar-refractivity contribution in [1.82, 2.24) is 15.4 Å². The summed E-state index contributed by atoms with van der Waals surface area (Å²) in [6.45, 7) is 6.19. The van der Waals surface area contributed by atoms with Gasteiger partial charge in [-0.2, -0.15) is 0 Å². The second-order valence-corrected chi connectivity index (χ2v) is 8.23. The lowest BCUT2D eigenvalue weighted by Gasteiger charge is -2.12. The van der Waals surface area contributed by atoms with E-state index in [0.29, 0.717) is 13.1 Å². The lowest BCUT2D eigenvalue weighted by Crippen LogP contribution is -2.41. The van der Waals surface area contributed by atoms with Crippen LogP contribution in [0.15, 0.2) is 4.99 Å². The molecule has 23 heavy (non-hydrogen) atoms. The minimum Gasteiger partial charge on any atom is -0.357 e. The van der Waals surface area contributed by atoms with Crippen LogP contribution in [0.1, 0.15) is 58.8 Å². The normalized spacial score (nSPS) is 16.7. The number of nitrogens with one attached hydrogen (secondary N) is 3. The highest BCUT2D eigenvalue weighted by molar-refractivity contribution is 7.89. The molecule has 1 aliphatic rings. The van der Waals surface area contributed by atoms with Gasteiger partial charge in [0.15, 0.2) is 5.96 Å². The van der Waals surface area contributed by atoms with E-state index >= 15 is 0 Å². The average molecular weight is 347 g/mol. The average Bonchev–Trinajstić information content (AvgIpc) is 3.04. The Morgan fingerprint density at radius 3 is 2.48 bits per heavy atom. The standard InChI is InChI=1S/C16H34N4O2S/c1-3-17-16(19-13-14-20-23(21,22)4-2)18-12-8-7-11-15-9-5-6-10-15/h15,20H,3-14H2,1-2H3,(H2,17,18,19). The van der Waals surface area contributed by atoms with Gasteiger partial charge in [0.25, 0.3) is 0 Å². The Balaban J connectivity index is 2.16. The van der Waals surface area contributed by atoms with Crippen LogP contribution in [0, 0.1) is 5.92 Å². The highest BCUT2D eigenvalue weighted by Crippen LogP contribution is 2.28. The molecule has 7 heteroatoms. The summed E-state index contributed by atoms with van der Waals surface area (Å²) in [6, 6.07) is 0. The lowest BCUT2D eigenvalue weighted by molar-refractivity contribution is 0.475. The number of rotatable bonds is 11. The van der Waals surface area contributed by atoms with E-state index in [-0.39, 0.29) is 5.75 Å². The van der Waals surface area contributed by atoms with E-state index in [1.54, 1.807) is 6.92 Å². The summed E-state index contributed by atoms with van der Waals surface area (Å²) >= 11 is 0. The number of guanidine groups is 1. The maximum Gasteiger partial charge on any atom is 0.211 e. The van der Waals surface area contributed by atoms with Crippen LogP contribution >= 0.6 is 0 Å². The molecule has 0 saturated heterocycles. The number of sulfonamides is 1. The topological polar surface area (TPSA) is 82.6 Å². The zero-order chi connectivity index (χ0) is 17.0. The van der Waals surface area contributed by atoms with Crippen LogP contribution in [0.3, 0.4) is 0 Å². The molecule has 0 amide bonds. The Labute approximate surface area is 142 Å². The molecule has 0 heterocycles. The van der Waals surface area contributed by atoms with Gasteiger partial charge in [-0.3, -0.25) is 4.99 Å². The first-order valence-corrected chi connectivity index (χ1v) is 10.7. The van der Waals surface area contributed by atoms with Crippen molar-refractivity contribution in [3.63, 3.8) is 0 Å². The van der Waals surface area contributed by atoms with Crippen LogP contribution in [0.4, 0.5) is 0 Å². The quantitative estimate of drug-likeness (QED) is 0.303. The lowest BCUT2D eigenvalue weighted by atomic mass is 10.0. The van der Waals surface area contributed by atoms with Gasteiger partial charge < -0.3 is 10.6 Å². The van der Waals surface area contributed by atoms with Gasteiger partial charge >= 0.3 is 0 Å². The summed E-state index contributed by atoms with van der Waals surface area (Å²) in [4.78, 5) is 4.55. The summed E-state index contributed by atoms with van der Waals surface area (Å²) in [5.41, 5.74) is 0. The molecule has 0 radical (unpaired) electrons. The molecular formula is C16H34N4O2S. The van der Waals surface area contributed by atoms with Crippen LogP contribution in [0.2, 0.25) is 0 Å². The molecule has 1 saturated carbocycles. The second-order valence-electron chi connectivity index (χ2n) is 6.13. The molecule has 0 aromatic rings. The van der Waals surface area contributed by atoms with Crippen molar-refractivity contribution < 1.29 is 8.42 Å². The zero-order valence-electron chi connectivity index (χ0n) is 14.7. The number of hydrogen-bond acceptors (Lipinski definition) is 3. The highest BCUT2D eigenvalue weighted by atomic mass is 32.2. The Hall–Kier alpha value is -0.820. The number of unbranched alkanes of at least 4 members (excludes halogenated alkanes) is 1. The molecule has 0 aliphatic heterocycles. The van der Waals surface area contributed by atoms with Gasteiger partial charge in [0.2, 0.25) is 10.0 Å². The molecule has 136 valence electrons. The molecule has 1 aliphatic carbocycles. The first-order valence-electron chi connectivity index (χ1n) is 9.07. The second kappa shape index (κ2) is 11.7. The van der Waals surface area contributed by atoms with E-state index in [9.17, 15) is 8.42 Å². The summed E-state index contributed by atoms with van der Waals surface area (Å²) in [6.07, 6.45) is 9.39. The van der Waals surface area contributed by atoms with Gasteiger partial charge in [-0.25, -0.2) is 13.1 Å². The fourth-order valence-corrected chi connectivity index (χ4v) is 3.48. The van der Waals surface area contributed by atoms with E-state index in [2.05, 4.69) is 20.3 Å². The van der Waals surface area contributed by atoms with Gasteiger partial charge in [0.05, 0.1) is 5.75 Å². The van der Waals surface area contributed by atoms with E-state index in [1.165, 1.54) is 38.5 Å². The monoisotopic (exact) mass is 346 g/mol. The van der Waals surface area contributed by atoms with Gasteiger partial charge in [-0.05, 0) is 26.2 Å². The molecule has 0 spiro atoms. The predicted octanol–water partition coefficient (Wildman–Crippen LogP) is 1.84. The molecule has 0 bridgehead atoms. The van der Waals surface area contributed by atoms with Crippen molar-refractivity contribution in [2.75, 3.05) is 31.9 Å². The minimum atomic E-state index is -3.11. The van der Waals surface area contributed by atoms with Gasteiger partial charge in [0, 0.05) is 26.2 Å². The van der Waals surface area contributed by atoms with E-state index in [4.69, 9.17) is 0 Å². The Morgan fingerprint density at radius 1 is 1.09 bits per heavy atom. The largest absolute Gasteiger partial charge is 0.357 e. The SMILES string of the molecule is CCNC(=NCCCCC1CCCC1)NCCNS(=O)(=O)CC. The molecule has 3 N–H and O–H groups in total. The van der Waals surface area contributed by atoms with Crippen molar-refractivity contribution in [1.29, 1.82) is 0 Å². The maximum atomic E-state index is 11.3. The Bertz CT molecular complexity index is 431. The third-order valence-electron chi connectivity index (χ3n) is 4.23. The van der Waals surface area contributed by atoms with Crippen molar-refractivity contribution in [3.05, 3.63) is 0 Å². The molecular weight excluding hydrogens is 312 g/mol. The first kappa shape index (κ1) is 20.2. The predicted molar refractivity (Wildman–Crippen MR) is 97.3 cm³/mol. The zero-order valence-corrected chi connectivity index (χ0v) is 15.6.